The Hall–Kier alpha value is -1.88. The van der Waals surface area contributed by atoms with Gasteiger partial charge >= 0.3 is 5.97 Å². The van der Waals surface area contributed by atoms with E-state index in [9.17, 15) is 14.7 Å². The summed E-state index contributed by atoms with van der Waals surface area (Å²) in [4.78, 5) is 25.7. The van der Waals surface area contributed by atoms with Crippen LogP contribution in [0.5, 0.6) is 0 Å². The molecule has 5 nitrogen and oxygen atoms in total. The number of nitrogens with one attached hydrogen (secondary N) is 1. The lowest BCUT2D eigenvalue weighted by molar-refractivity contribution is -0.138. The van der Waals surface area contributed by atoms with E-state index >= 15 is 0 Å². The van der Waals surface area contributed by atoms with Crippen molar-refractivity contribution in [3.63, 3.8) is 0 Å². The number of carbonyl (C=O) groups is 2. The molecule has 1 saturated heterocycles. The van der Waals surface area contributed by atoms with Crippen LogP contribution in [0.4, 0.5) is 5.69 Å². The van der Waals surface area contributed by atoms with Crippen LogP contribution in [0, 0.1) is 5.92 Å². The smallest absolute Gasteiger partial charge is 0.312 e. The van der Waals surface area contributed by atoms with Crippen LogP contribution >= 0.6 is 0 Å². The van der Waals surface area contributed by atoms with Gasteiger partial charge < -0.3 is 15.3 Å². The number of carboxylic acid groups (broad SMARTS) is 1. The molecule has 2 aliphatic heterocycles. The Labute approximate surface area is 117 Å². The van der Waals surface area contributed by atoms with Crippen LogP contribution in [0.15, 0.2) is 24.3 Å². The van der Waals surface area contributed by atoms with Gasteiger partial charge in [-0.15, -0.1) is 0 Å². The first-order valence-corrected chi connectivity index (χ1v) is 6.96. The monoisotopic (exact) mass is 274 g/mol. The quantitative estimate of drug-likeness (QED) is 0.850. The zero-order chi connectivity index (χ0) is 14.3. The molecule has 3 rings (SSSR count). The summed E-state index contributed by atoms with van der Waals surface area (Å²) in [5, 5.41) is 12.5. The molecule has 20 heavy (non-hydrogen) atoms. The lowest BCUT2D eigenvalue weighted by Gasteiger charge is -2.24. The number of benzene rings is 1. The van der Waals surface area contributed by atoms with Crippen molar-refractivity contribution in [2.24, 2.45) is 5.92 Å². The zero-order valence-electron chi connectivity index (χ0n) is 11.4. The number of amides is 1. The van der Waals surface area contributed by atoms with E-state index in [0.29, 0.717) is 5.92 Å². The number of rotatable bonds is 2. The van der Waals surface area contributed by atoms with Crippen molar-refractivity contribution in [3.05, 3.63) is 29.8 Å². The summed E-state index contributed by atoms with van der Waals surface area (Å²) in [6.07, 6.45) is 0.980. The van der Waals surface area contributed by atoms with Crippen LogP contribution < -0.4 is 10.2 Å². The van der Waals surface area contributed by atoms with Crippen molar-refractivity contribution in [2.75, 3.05) is 18.0 Å². The van der Waals surface area contributed by atoms with Gasteiger partial charge in [-0.25, -0.2) is 0 Å². The van der Waals surface area contributed by atoms with Crippen LogP contribution in [-0.2, 0) is 9.59 Å². The number of para-hydroxylation sites is 1. The summed E-state index contributed by atoms with van der Waals surface area (Å²) in [5.74, 6) is -1.21. The average Bonchev–Trinajstić information content (AvgIpc) is 3.01. The molecular weight excluding hydrogens is 256 g/mol. The molecule has 1 fully saturated rings. The molecule has 0 aromatic heterocycles. The largest absolute Gasteiger partial charge is 0.481 e. The maximum Gasteiger partial charge on any atom is 0.312 e. The van der Waals surface area contributed by atoms with Gasteiger partial charge in [0.15, 0.2) is 0 Å². The summed E-state index contributed by atoms with van der Waals surface area (Å²) in [6.45, 7) is 3.13. The molecule has 3 atom stereocenters. The molecule has 2 N–H and O–H groups in total. The Balaban J connectivity index is 1.92. The Kier molecular flexibility index (Phi) is 3.22. The van der Waals surface area contributed by atoms with E-state index in [2.05, 4.69) is 12.2 Å². The molecule has 0 bridgehead atoms. The SMILES string of the molecule is CC1CCNC1C(=O)N1CC(C(=O)O)c2ccccc21. The molecule has 106 valence electrons. The summed E-state index contributed by atoms with van der Waals surface area (Å²) < 4.78 is 0. The highest BCUT2D eigenvalue weighted by molar-refractivity contribution is 6.02. The minimum Gasteiger partial charge on any atom is -0.481 e. The molecule has 2 aliphatic rings. The summed E-state index contributed by atoms with van der Waals surface area (Å²) in [6, 6.07) is 7.09. The molecule has 0 radical (unpaired) electrons. The summed E-state index contributed by atoms with van der Waals surface area (Å²) >= 11 is 0. The predicted molar refractivity (Wildman–Crippen MR) is 74.7 cm³/mol. The van der Waals surface area contributed by atoms with E-state index in [1.807, 2.05) is 18.2 Å². The minimum atomic E-state index is -0.875. The van der Waals surface area contributed by atoms with E-state index in [-0.39, 0.29) is 18.5 Å². The number of anilines is 1. The maximum atomic E-state index is 12.7. The summed E-state index contributed by atoms with van der Waals surface area (Å²) in [7, 11) is 0. The maximum absolute atomic E-state index is 12.7. The van der Waals surface area contributed by atoms with Crippen molar-refractivity contribution in [1.82, 2.24) is 5.32 Å². The number of hydrogen-bond donors (Lipinski definition) is 2. The normalized spacial score (nSPS) is 28.4. The Morgan fingerprint density at radius 1 is 1.35 bits per heavy atom. The fourth-order valence-electron chi connectivity index (χ4n) is 3.16. The van der Waals surface area contributed by atoms with E-state index in [1.165, 1.54) is 0 Å². The third-order valence-corrected chi connectivity index (χ3v) is 4.33. The fourth-order valence-corrected chi connectivity index (χ4v) is 3.16. The van der Waals surface area contributed by atoms with Gasteiger partial charge in [-0.05, 0) is 30.5 Å². The number of carboxylic acids is 1. The van der Waals surface area contributed by atoms with Crippen LogP contribution in [0.2, 0.25) is 0 Å². The highest BCUT2D eigenvalue weighted by atomic mass is 16.4. The zero-order valence-corrected chi connectivity index (χ0v) is 11.4. The van der Waals surface area contributed by atoms with Gasteiger partial charge in [-0.2, -0.15) is 0 Å². The highest BCUT2D eigenvalue weighted by Crippen LogP contribution is 2.37. The second kappa shape index (κ2) is 4.90. The first-order valence-electron chi connectivity index (χ1n) is 6.96. The van der Waals surface area contributed by atoms with Crippen LogP contribution in [0.1, 0.15) is 24.8 Å². The van der Waals surface area contributed by atoms with Crippen LogP contribution in [0.25, 0.3) is 0 Å². The molecule has 0 saturated carbocycles. The second-order valence-electron chi connectivity index (χ2n) is 5.60. The topological polar surface area (TPSA) is 69.6 Å². The van der Waals surface area contributed by atoms with Crippen LogP contribution in [0.3, 0.4) is 0 Å². The molecule has 5 heteroatoms. The van der Waals surface area contributed by atoms with Gasteiger partial charge in [0.05, 0.1) is 6.04 Å². The molecule has 3 unspecified atom stereocenters. The lowest BCUT2D eigenvalue weighted by atomic mass is 10.0. The minimum absolute atomic E-state index is 0.00815. The van der Waals surface area contributed by atoms with Crippen molar-refractivity contribution >= 4 is 17.6 Å². The van der Waals surface area contributed by atoms with Crippen molar-refractivity contribution < 1.29 is 14.7 Å². The third-order valence-electron chi connectivity index (χ3n) is 4.33. The molecular formula is C15H18N2O3. The van der Waals surface area contributed by atoms with Gasteiger partial charge in [0, 0.05) is 12.2 Å². The Morgan fingerprint density at radius 3 is 2.75 bits per heavy atom. The first-order chi connectivity index (χ1) is 9.59. The van der Waals surface area contributed by atoms with Crippen molar-refractivity contribution in [1.29, 1.82) is 0 Å². The molecule has 1 aromatic rings. The van der Waals surface area contributed by atoms with Crippen LogP contribution in [-0.4, -0.2) is 36.1 Å². The Morgan fingerprint density at radius 2 is 2.10 bits per heavy atom. The number of hydrogen-bond acceptors (Lipinski definition) is 3. The third kappa shape index (κ3) is 1.98. The van der Waals surface area contributed by atoms with Gasteiger partial charge in [0.2, 0.25) is 5.91 Å². The summed E-state index contributed by atoms with van der Waals surface area (Å²) in [5.41, 5.74) is 1.48. The molecule has 0 spiro atoms. The van der Waals surface area contributed by atoms with Crippen molar-refractivity contribution in [3.8, 4) is 0 Å². The van der Waals surface area contributed by atoms with E-state index in [0.717, 1.165) is 24.2 Å². The van der Waals surface area contributed by atoms with E-state index < -0.39 is 11.9 Å². The molecule has 0 aliphatic carbocycles. The predicted octanol–water partition coefficient (Wildman–Crippen LogP) is 1.20. The molecule has 2 heterocycles. The fraction of sp³-hybridized carbons (Fsp3) is 0.467. The Bertz CT molecular complexity index is 558. The lowest BCUT2D eigenvalue weighted by Crippen LogP contribution is -2.46. The molecule has 1 aromatic carbocycles. The van der Waals surface area contributed by atoms with E-state index in [1.54, 1.807) is 11.0 Å². The van der Waals surface area contributed by atoms with Gasteiger partial charge in [0.25, 0.3) is 0 Å². The number of aliphatic carboxylic acids is 1. The average molecular weight is 274 g/mol. The number of nitrogens with zero attached hydrogens (tertiary/aromatic N) is 1. The van der Waals surface area contributed by atoms with Gasteiger partial charge in [-0.3, -0.25) is 9.59 Å². The standard InChI is InChI=1S/C15H18N2O3/c1-9-6-7-16-13(9)14(18)17-8-11(15(19)20)10-4-2-3-5-12(10)17/h2-5,9,11,13,16H,6-8H2,1H3,(H,19,20). The van der Waals surface area contributed by atoms with Crippen molar-refractivity contribution in [2.45, 2.75) is 25.3 Å². The number of fused-ring (bicyclic) bond motifs is 1. The second-order valence-corrected chi connectivity index (χ2v) is 5.60. The first kappa shape index (κ1) is 13.1. The number of carbonyl (C=O) groups excluding carboxylic acids is 1. The van der Waals surface area contributed by atoms with Gasteiger partial charge in [0.1, 0.15) is 5.92 Å². The van der Waals surface area contributed by atoms with E-state index in [4.69, 9.17) is 0 Å². The molecule has 1 amide bonds. The van der Waals surface area contributed by atoms with Gasteiger partial charge in [-0.1, -0.05) is 25.1 Å². The highest BCUT2D eigenvalue weighted by Gasteiger charge is 2.40.